The van der Waals surface area contributed by atoms with Crippen molar-refractivity contribution in [2.75, 3.05) is 6.54 Å². The predicted octanol–water partition coefficient (Wildman–Crippen LogP) is 2.60. The Labute approximate surface area is 143 Å². The first kappa shape index (κ1) is 17.7. The van der Waals surface area contributed by atoms with Crippen LogP contribution < -0.4 is 5.32 Å². The summed E-state index contributed by atoms with van der Waals surface area (Å²) in [4.78, 5) is 17.1. The van der Waals surface area contributed by atoms with Crippen molar-refractivity contribution in [3.05, 3.63) is 30.1 Å². The molecule has 8 heteroatoms. The van der Waals surface area contributed by atoms with Gasteiger partial charge in [0, 0.05) is 26.6 Å². The Hall–Kier alpha value is -2.09. The largest absolute Gasteiger partial charge is 0.404 e. The summed E-state index contributed by atoms with van der Waals surface area (Å²) in [6.07, 6.45) is -4.01. The van der Waals surface area contributed by atoms with Gasteiger partial charge in [-0.25, -0.2) is 4.98 Å². The van der Waals surface area contributed by atoms with Gasteiger partial charge >= 0.3 is 6.18 Å². The van der Waals surface area contributed by atoms with Crippen molar-refractivity contribution in [3.63, 3.8) is 0 Å². The SMILES string of the molecule is CC(=O)NC1CCC(C(F)(F)F)N(Cc2nc3ccccc3n2C)C1. The summed E-state index contributed by atoms with van der Waals surface area (Å²) >= 11 is 0. The number of carbonyl (C=O) groups is 1. The third kappa shape index (κ3) is 3.78. The van der Waals surface area contributed by atoms with E-state index in [2.05, 4.69) is 10.3 Å². The number of hydrogen-bond donors (Lipinski definition) is 1. The molecule has 1 saturated heterocycles. The minimum Gasteiger partial charge on any atom is -0.352 e. The Morgan fingerprint density at radius 2 is 2.04 bits per heavy atom. The van der Waals surface area contributed by atoms with E-state index in [-0.39, 0.29) is 31.5 Å². The molecule has 0 radical (unpaired) electrons. The minimum absolute atomic E-state index is 0.0294. The fourth-order valence-electron chi connectivity index (χ4n) is 3.51. The zero-order chi connectivity index (χ0) is 18.2. The number of aryl methyl sites for hydroxylation is 1. The molecule has 1 fully saturated rings. The second kappa shape index (κ2) is 6.67. The molecule has 1 aliphatic rings. The lowest BCUT2D eigenvalue weighted by Gasteiger charge is -2.40. The summed E-state index contributed by atoms with van der Waals surface area (Å²) in [6, 6.07) is 5.67. The molecule has 0 spiro atoms. The molecular weight excluding hydrogens is 333 g/mol. The summed E-state index contributed by atoms with van der Waals surface area (Å²) in [6.45, 7) is 1.63. The van der Waals surface area contributed by atoms with E-state index in [1.165, 1.54) is 11.8 Å². The highest BCUT2D eigenvalue weighted by molar-refractivity contribution is 5.75. The number of aromatic nitrogens is 2. The fourth-order valence-corrected chi connectivity index (χ4v) is 3.51. The number of imidazole rings is 1. The van der Waals surface area contributed by atoms with Gasteiger partial charge < -0.3 is 9.88 Å². The van der Waals surface area contributed by atoms with E-state index in [4.69, 9.17) is 0 Å². The number of nitrogens with one attached hydrogen (secondary N) is 1. The van der Waals surface area contributed by atoms with Crippen LogP contribution in [0.15, 0.2) is 24.3 Å². The number of rotatable bonds is 3. The Kier molecular flexibility index (Phi) is 4.73. The third-order valence-electron chi connectivity index (χ3n) is 4.69. The highest BCUT2D eigenvalue weighted by Gasteiger charge is 2.46. The molecule has 2 atom stereocenters. The molecule has 1 aromatic carbocycles. The molecule has 1 aromatic heterocycles. The van der Waals surface area contributed by atoms with Gasteiger partial charge in [0.05, 0.1) is 17.6 Å². The molecule has 2 unspecified atom stereocenters. The van der Waals surface area contributed by atoms with Gasteiger partial charge in [0.2, 0.25) is 5.91 Å². The Morgan fingerprint density at radius 3 is 2.68 bits per heavy atom. The molecule has 1 N–H and O–H groups in total. The maximum atomic E-state index is 13.4. The number of para-hydroxylation sites is 2. The molecule has 1 aliphatic heterocycles. The monoisotopic (exact) mass is 354 g/mol. The van der Waals surface area contributed by atoms with Crippen LogP contribution in [0.3, 0.4) is 0 Å². The van der Waals surface area contributed by atoms with Gasteiger partial charge in [-0.1, -0.05) is 12.1 Å². The normalized spacial score (nSPS) is 22.3. The smallest absolute Gasteiger partial charge is 0.352 e. The van der Waals surface area contributed by atoms with Crippen LogP contribution >= 0.6 is 0 Å². The van der Waals surface area contributed by atoms with Gasteiger partial charge in [0.1, 0.15) is 11.9 Å². The second-order valence-corrected chi connectivity index (χ2v) is 6.54. The van der Waals surface area contributed by atoms with Crippen molar-refractivity contribution < 1.29 is 18.0 Å². The predicted molar refractivity (Wildman–Crippen MR) is 87.8 cm³/mol. The maximum Gasteiger partial charge on any atom is 0.404 e. The molecule has 3 rings (SSSR count). The first-order valence-corrected chi connectivity index (χ1v) is 8.24. The molecule has 0 bridgehead atoms. The fraction of sp³-hybridized carbons (Fsp3) is 0.529. The molecular formula is C17H21F3N4O. The number of fused-ring (bicyclic) bond motifs is 1. The van der Waals surface area contributed by atoms with E-state index in [0.717, 1.165) is 11.0 Å². The zero-order valence-electron chi connectivity index (χ0n) is 14.2. The lowest BCUT2D eigenvalue weighted by Crippen LogP contribution is -2.55. The lowest BCUT2D eigenvalue weighted by molar-refractivity contribution is -0.194. The summed E-state index contributed by atoms with van der Waals surface area (Å²) < 4.78 is 42.1. The van der Waals surface area contributed by atoms with E-state index < -0.39 is 12.2 Å². The molecule has 2 heterocycles. The van der Waals surface area contributed by atoms with Gasteiger partial charge in [0.25, 0.3) is 0 Å². The van der Waals surface area contributed by atoms with Crippen LogP contribution in [0.1, 0.15) is 25.6 Å². The average molecular weight is 354 g/mol. The molecule has 5 nitrogen and oxygen atoms in total. The Balaban J connectivity index is 1.86. The summed E-state index contributed by atoms with van der Waals surface area (Å²) in [7, 11) is 1.81. The summed E-state index contributed by atoms with van der Waals surface area (Å²) in [5.41, 5.74) is 1.65. The number of amides is 1. The maximum absolute atomic E-state index is 13.4. The topological polar surface area (TPSA) is 50.2 Å². The van der Waals surface area contributed by atoms with Crippen LogP contribution in [0.25, 0.3) is 11.0 Å². The van der Waals surface area contributed by atoms with Crippen molar-refractivity contribution in [2.45, 2.75) is 44.6 Å². The van der Waals surface area contributed by atoms with E-state index in [1.54, 1.807) is 0 Å². The van der Waals surface area contributed by atoms with Gasteiger partial charge in [-0.2, -0.15) is 13.2 Å². The van der Waals surface area contributed by atoms with Crippen molar-refractivity contribution in [1.82, 2.24) is 19.8 Å². The number of nitrogens with zero attached hydrogens (tertiary/aromatic N) is 3. The zero-order valence-corrected chi connectivity index (χ0v) is 14.2. The number of alkyl halides is 3. The van der Waals surface area contributed by atoms with Crippen molar-refractivity contribution in [2.24, 2.45) is 7.05 Å². The number of hydrogen-bond acceptors (Lipinski definition) is 3. The molecule has 0 saturated carbocycles. The Morgan fingerprint density at radius 1 is 1.32 bits per heavy atom. The van der Waals surface area contributed by atoms with Gasteiger partial charge in [0.15, 0.2) is 0 Å². The van der Waals surface area contributed by atoms with Crippen LogP contribution in [0.5, 0.6) is 0 Å². The second-order valence-electron chi connectivity index (χ2n) is 6.54. The van der Waals surface area contributed by atoms with Crippen LogP contribution in [-0.2, 0) is 18.4 Å². The van der Waals surface area contributed by atoms with Gasteiger partial charge in [-0.15, -0.1) is 0 Å². The number of piperidine rings is 1. The lowest BCUT2D eigenvalue weighted by atomic mass is 9.97. The molecule has 136 valence electrons. The number of carbonyl (C=O) groups excluding carboxylic acids is 1. The van der Waals surface area contributed by atoms with Crippen molar-refractivity contribution in [1.29, 1.82) is 0 Å². The molecule has 0 aliphatic carbocycles. The number of halogens is 3. The van der Waals surface area contributed by atoms with Crippen molar-refractivity contribution >= 4 is 16.9 Å². The first-order chi connectivity index (χ1) is 11.8. The number of likely N-dealkylation sites (tertiary alicyclic amines) is 1. The first-order valence-electron chi connectivity index (χ1n) is 8.24. The van der Waals surface area contributed by atoms with Crippen LogP contribution in [0.4, 0.5) is 13.2 Å². The highest BCUT2D eigenvalue weighted by atomic mass is 19.4. The van der Waals surface area contributed by atoms with Crippen molar-refractivity contribution in [3.8, 4) is 0 Å². The van der Waals surface area contributed by atoms with Gasteiger partial charge in [-0.05, 0) is 25.0 Å². The summed E-state index contributed by atoms with van der Waals surface area (Å²) in [5.74, 6) is 0.358. The third-order valence-corrected chi connectivity index (χ3v) is 4.69. The van der Waals surface area contributed by atoms with E-state index in [0.29, 0.717) is 12.2 Å². The molecule has 25 heavy (non-hydrogen) atoms. The van der Waals surface area contributed by atoms with Crippen LogP contribution in [0.2, 0.25) is 0 Å². The van der Waals surface area contributed by atoms with Crippen LogP contribution in [0, 0.1) is 0 Å². The van der Waals surface area contributed by atoms with E-state index in [1.807, 2.05) is 35.9 Å². The Bertz CT molecular complexity index is 771. The summed E-state index contributed by atoms with van der Waals surface area (Å²) in [5, 5.41) is 2.74. The van der Waals surface area contributed by atoms with Gasteiger partial charge in [-0.3, -0.25) is 9.69 Å². The average Bonchev–Trinajstić information content (AvgIpc) is 2.82. The van der Waals surface area contributed by atoms with Crippen LogP contribution in [-0.4, -0.2) is 45.2 Å². The van der Waals surface area contributed by atoms with E-state index >= 15 is 0 Å². The standard InChI is InChI=1S/C17H21F3N4O/c1-11(25)21-12-7-8-15(17(18,19)20)24(9-12)10-16-22-13-5-3-4-6-14(13)23(16)2/h3-6,12,15H,7-10H2,1-2H3,(H,21,25). The number of benzene rings is 1. The molecule has 1 amide bonds. The highest BCUT2D eigenvalue weighted by Crippen LogP contribution is 2.33. The van der Waals surface area contributed by atoms with E-state index in [9.17, 15) is 18.0 Å². The minimum atomic E-state index is -4.30. The molecule has 2 aromatic rings. The quantitative estimate of drug-likeness (QED) is 0.922.